The van der Waals surface area contributed by atoms with Gasteiger partial charge in [0.15, 0.2) is 8.32 Å². The van der Waals surface area contributed by atoms with Crippen molar-refractivity contribution >= 4 is 20.1 Å². The van der Waals surface area contributed by atoms with Crippen LogP contribution in [0.2, 0.25) is 19.6 Å². The fourth-order valence-corrected chi connectivity index (χ4v) is 2.39. The van der Waals surface area contributed by atoms with E-state index in [1.807, 2.05) is 0 Å². The van der Waals surface area contributed by atoms with Crippen LogP contribution in [0.5, 0.6) is 0 Å². The van der Waals surface area contributed by atoms with Crippen molar-refractivity contribution in [2.45, 2.75) is 19.6 Å². The molecule has 0 aliphatic carbocycles. The van der Waals surface area contributed by atoms with Crippen molar-refractivity contribution in [2.75, 3.05) is 39.6 Å². The summed E-state index contributed by atoms with van der Waals surface area (Å²) in [6.07, 6.45) is 0. The average Bonchev–Trinajstić information content (AvgIpc) is 2.55. The Hall–Kier alpha value is -1.54. The van der Waals surface area contributed by atoms with E-state index in [2.05, 4.69) is 19.6 Å². The van der Waals surface area contributed by atoms with Crippen molar-refractivity contribution in [2.24, 2.45) is 0 Å². The number of carbonyl (C=O) groups is 2. The van der Waals surface area contributed by atoms with E-state index in [1.165, 1.54) is 0 Å². The lowest BCUT2D eigenvalue weighted by Crippen LogP contribution is -2.27. The third kappa shape index (κ3) is 9.56. The van der Waals surface area contributed by atoms with Crippen LogP contribution in [0.3, 0.4) is 0 Å². The number of ketones is 1. The first kappa shape index (κ1) is 20.5. The number of hydrogen-bond acceptors (Lipinski definition) is 6. The maximum atomic E-state index is 11.7. The summed E-state index contributed by atoms with van der Waals surface area (Å²) in [6, 6.07) is 8.30. The van der Waals surface area contributed by atoms with Gasteiger partial charge in [-0.15, -0.1) is 0 Å². The summed E-state index contributed by atoms with van der Waals surface area (Å²) < 4.78 is 21.1. The van der Waals surface area contributed by atoms with E-state index < -0.39 is 20.1 Å². The van der Waals surface area contributed by atoms with E-state index >= 15 is 0 Å². The molecule has 0 N–H and O–H groups in total. The minimum atomic E-state index is -1.48. The largest absolute Gasteiger partial charge is 0.457 e. The molecule has 0 heterocycles. The highest BCUT2D eigenvalue weighted by Gasteiger charge is 2.17. The molecule has 7 heteroatoms. The maximum absolute atomic E-state index is 11.7. The highest BCUT2D eigenvalue weighted by Crippen LogP contribution is 2.02. The predicted octanol–water partition coefficient (Wildman–Crippen LogP) is 2.30. The molecule has 134 valence electrons. The topological polar surface area (TPSA) is 71.1 Å². The molecule has 0 saturated carbocycles. The first-order valence-electron chi connectivity index (χ1n) is 7.96. The molecule has 0 unspecified atom stereocenters. The van der Waals surface area contributed by atoms with Gasteiger partial charge in [-0.3, -0.25) is 4.79 Å². The van der Waals surface area contributed by atoms with Crippen LogP contribution in [0.25, 0.3) is 0 Å². The summed E-state index contributed by atoms with van der Waals surface area (Å²) in [6.45, 7) is 8.62. The van der Waals surface area contributed by atoms with Crippen LogP contribution in [0, 0.1) is 0 Å². The SMILES string of the molecule is C[Si](C)(C)OCCOCCOCCOC(=O)C(=O)c1ccccc1. The zero-order valence-corrected chi connectivity index (χ0v) is 15.6. The van der Waals surface area contributed by atoms with Gasteiger partial charge in [-0.05, 0) is 19.6 Å². The van der Waals surface area contributed by atoms with Crippen LogP contribution in [0.1, 0.15) is 10.4 Å². The predicted molar refractivity (Wildman–Crippen MR) is 92.7 cm³/mol. The molecule has 1 aromatic carbocycles. The first-order chi connectivity index (χ1) is 11.4. The van der Waals surface area contributed by atoms with Crippen molar-refractivity contribution in [1.29, 1.82) is 0 Å². The second-order valence-corrected chi connectivity index (χ2v) is 10.5. The van der Waals surface area contributed by atoms with E-state index in [0.29, 0.717) is 32.0 Å². The minimum absolute atomic E-state index is 0.0378. The monoisotopic (exact) mass is 354 g/mol. The van der Waals surface area contributed by atoms with Gasteiger partial charge in [0.2, 0.25) is 0 Å². The summed E-state index contributed by atoms with van der Waals surface area (Å²) >= 11 is 0. The lowest BCUT2D eigenvalue weighted by Gasteiger charge is -2.16. The van der Waals surface area contributed by atoms with Gasteiger partial charge in [-0.1, -0.05) is 30.3 Å². The average molecular weight is 354 g/mol. The Morgan fingerprint density at radius 1 is 0.833 bits per heavy atom. The molecule has 24 heavy (non-hydrogen) atoms. The summed E-state index contributed by atoms with van der Waals surface area (Å²) in [5, 5.41) is 0. The van der Waals surface area contributed by atoms with Crippen molar-refractivity contribution in [3.05, 3.63) is 35.9 Å². The Bertz CT molecular complexity index is 498. The van der Waals surface area contributed by atoms with Gasteiger partial charge in [0.1, 0.15) is 6.61 Å². The molecule has 1 rings (SSSR count). The quantitative estimate of drug-likeness (QED) is 0.189. The molecular weight excluding hydrogens is 328 g/mol. The van der Waals surface area contributed by atoms with Crippen LogP contribution in [0.15, 0.2) is 30.3 Å². The number of carbonyl (C=O) groups excluding carboxylic acids is 2. The summed E-state index contributed by atoms with van der Waals surface area (Å²) in [5.74, 6) is -1.52. The standard InChI is InChI=1S/C17H26O6Si/c1-24(2,3)23-14-12-21-10-9-20-11-13-22-17(19)16(18)15-7-5-4-6-8-15/h4-8H,9-14H2,1-3H3. The highest BCUT2D eigenvalue weighted by molar-refractivity contribution is 6.69. The molecule has 0 radical (unpaired) electrons. The first-order valence-corrected chi connectivity index (χ1v) is 11.4. The van der Waals surface area contributed by atoms with Crippen LogP contribution < -0.4 is 0 Å². The van der Waals surface area contributed by atoms with Gasteiger partial charge in [0, 0.05) is 5.56 Å². The number of benzene rings is 1. The Labute approximate surface area is 144 Å². The van der Waals surface area contributed by atoms with Crippen molar-refractivity contribution in [1.82, 2.24) is 0 Å². The number of Topliss-reactive ketones (excluding diaryl/α,β-unsaturated/α-hetero) is 1. The minimum Gasteiger partial charge on any atom is -0.457 e. The molecule has 0 amide bonds. The van der Waals surface area contributed by atoms with Gasteiger partial charge in [-0.25, -0.2) is 4.79 Å². The van der Waals surface area contributed by atoms with Gasteiger partial charge in [-0.2, -0.15) is 0 Å². The molecule has 0 aliphatic heterocycles. The summed E-state index contributed by atoms with van der Waals surface area (Å²) in [5.41, 5.74) is 0.317. The molecule has 0 aliphatic rings. The van der Waals surface area contributed by atoms with Gasteiger partial charge >= 0.3 is 5.97 Å². The molecule has 0 aromatic heterocycles. The Morgan fingerprint density at radius 2 is 1.38 bits per heavy atom. The summed E-state index contributed by atoms with van der Waals surface area (Å²) in [4.78, 5) is 23.3. The number of esters is 1. The molecule has 0 saturated heterocycles. The molecule has 6 nitrogen and oxygen atoms in total. The van der Waals surface area contributed by atoms with Gasteiger partial charge in [0.05, 0.1) is 33.0 Å². The van der Waals surface area contributed by atoms with Crippen LogP contribution >= 0.6 is 0 Å². The highest BCUT2D eigenvalue weighted by atomic mass is 28.4. The van der Waals surface area contributed by atoms with Crippen LogP contribution in [-0.2, 0) is 23.4 Å². The smallest absolute Gasteiger partial charge is 0.379 e. The zero-order valence-electron chi connectivity index (χ0n) is 14.6. The fourth-order valence-electron chi connectivity index (χ4n) is 1.69. The van der Waals surface area contributed by atoms with Crippen LogP contribution in [-0.4, -0.2) is 59.7 Å². The van der Waals surface area contributed by atoms with E-state index in [0.717, 1.165) is 0 Å². The number of ether oxygens (including phenoxy) is 3. The second-order valence-electron chi connectivity index (χ2n) is 6.02. The molecule has 0 bridgehead atoms. The van der Waals surface area contributed by atoms with E-state index in [1.54, 1.807) is 30.3 Å². The maximum Gasteiger partial charge on any atom is 0.379 e. The van der Waals surface area contributed by atoms with Crippen LogP contribution in [0.4, 0.5) is 0 Å². The number of rotatable bonds is 12. The van der Waals surface area contributed by atoms with Crippen molar-refractivity contribution in [3.8, 4) is 0 Å². The normalized spacial score (nSPS) is 11.3. The Kier molecular flexibility index (Phi) is 9.47. The van der Waals surface area contributed by atoms with E-state index in [4.69, 9.17) is 18.6 Å². The van der Waals surface area contributed by atoms with E-state index in [-0.39, 0.29) is 13.2 Å². The third-order valence-electron chi connectivity index (χ3n) is 2.82. The summed E-state index contributed by atoms with van der Waals surface area (Å²) in [7, 11) is -1.48. The zero-order chi connectivity index (χ0) is 17.8. The Morgan fingerprint density at radius 3 is 1.96 bits per heavy atom. The fraction of sp³-hybridized carbons (Fsp3) is 0.529. The molecule has 1 aromatic rings. The van der Waals surface area contributed by atoms with Gasteiger partial charge in [0.25, 0.3) is 5.78 Å². The van der Waals surface area contributed by atoms with Gasteiger partial charge < -0.3 is 18.6 Å². The molecule has 0 atom stereocenters. The third-order valence-corrected chi connectivity index (χ3v) is 3.89. The van der Waals surface area contributed by atoms with E-state index in [9.17, 15) is 9.59 Å². The molecular formula is C17H26O6Si. The lowest BCUT2D eigenvalue weighted by molar-refractivity contribution is -0.139. The second kappa shape index (κ2) is 11.1. The molecule has 0 spiro atoms. The lowest BCUT2D eigenvalue weighted by atomic mass is 10.1. The number of hydrogen-bond donors (Lipinski definition) is 0. The van der Waals surface area contributed by atoms with Crippen molar-refractivity contribution < 1.29 is 28.2 Å². The van der Waals surface area contributed by atoms with Crippen molar-refractivity contribution in [3.63, 3.8) is 0 Å². The molecule has 0 fully saturated rings. The Balaban J connectivity index is 1.98.